The topological polar surface area (TPSA) is 152 Å². The van der Waals surface area contributed by atoms with E-state index in [0.29, 0.717) is 26.2 Å². The lowest BCUT2D eigenvalue weighted by molar-refractivity contribution is -0.138. The molecule has 2 saturated heterocycles. The van der Waals surface area contributed by atoms with Crippen LogP contribution in [-0.2, 0) is 19.1 Å². The van der Waals surface area contributed by atoms with E-state index in [4.69, 9.17) is 20.3 Å². The molecular formula is C30H54N4O7. The highest BCUT2D eigenvalue weighted by molar-refractivity contribution is 5.81. The molecule has 0 radical (unpaired) electrons. The lowest BCUT2D eigenvalue weighted by atomic mass is 9.89. The Balaban J connectivity index is 0.000000245. The van der Waals surface area contributed by atoms with Gasteiger partial charge in [-0.15, -0.1) is 0 Å². The molecule has 4 aliphatic rings. The lowest BCUT2D eigenvalue weighted by Gasteiger charge is -2.40. The molecule has 0 unspecified atom stereocenters. The van der Waals surface area contributed by atoms with Crippen LogP contribution in [0.3, 0.4) is 0 Å². The van der Waals surface area contributed by atoms with Crippen LogP contribution in [0.25, 0.3) is 0 Å². The zero-order valence-corrected chi connectivity index (χ0v) is 26.5. The Bertz CT molecular complexity index is 912. The smallest absolute Gasteiger partial charge is 0.410 e. The van der Waals surface area contributed by atoms with E-state index in [9.17, 15) is 19.2 Å². The molecule has 11 heteroatoms. The molecule has 3 amide bonds. The third-order valence-electron chi connectivity index (χ3n) is 7.38. The van der Waals surface area contributed by atoms with E-state index in [1.54, 1.807) is 9.80 Å². The van der Waals surface area contributed by atoms with Crippen LogP contribution < -0.4 is 11.1 Å². The fraction of sp³-hybridized carbons (Fsp3) is 0.867. The maximum absolute atomic E-state index is 12.0. The summed E-state index contributed by atoms with van der Waals surface area (Å²) in [6, 6.07) is 0. The molecule has 2 aliphatic carbocycles. The summed E-state index contributed by atoms with van der Waals surface area (Å²) < 4.78 is 10.7. The number of likely N-dealkylation sites (tertiary alicyclic amines) is 2. The molecule has 4 N–H and O–H groups in total. The van der Waals surface area contributed by atoms with Gasteiger partial charge < -0.3 is 35.4 Å². The molecule has 0 atom stereocenters. The van der Waals surface area contributed by atoms with Crippen molar-refractivity contribution in [3.05, 3.63) is 0 Å². The summed E-state index contributed by atoms with van der Waals surface area (Å²) in [6.07, 6.45) is 6.60. The SMILES string of the molecule is CC1(N)CCN(C(=O)OC(C)(C)C)CC1.CC1(NC(=O)C2CC2)CCN(C(=O)OC(C)(C)C)CC1.O=C(O)C1CC1. The van der Waals surface area contributed by atoms with E-state index in [1.807, 2.05) is 48.5 Å². The number of hydrogen-bond donors (Lipinski definition) is 3. The molecule has 0 aromatic carbocycles. The third kappa shape index (κ3) is 13.8. The summed E-state index contributed by atoms with van der Waals surface area (Å²) in [7, 11) is 0. The Kier molecular flexibility index (Phi) is 11.5. The predicted molar refractivity (Wildman–Crippen MR) is 156 cm³/mol. The van der Waals surface area contributed by atoms with Crippen LogP contribution in [0.5, 0.6) is 0 Å². The predicted octanol–water partition coefficient (Wildman–Crippen LogP) is 4.52. The fourth-order valence-electron chi connectivity index (χ4n) is 4.24. The zero-order valence-electron chi connectivity index (χ0n) is 26.5. The summed E-state index contributed by atoms with van der Waals surface area (Å²) in [5, 5.41) is 11.2. The number of piperidine rings is 2. The Labute approximate surface area is 245 Å². The molecule has 0 aromatic rings. The Morgan fingerprint density at radius 3 is 1.39 bits per heavy atom. The van der Waals surface area contributed by atoms with Crippen LogP contribution in [0.2, 0.25) is 0 Å². The maximum atomic E-state index is 12.0. The van der Waals surface area contributed by atoms with Crippen molar-refractivity contribution in [3.63, 3.8) is 0 Å². The Morgan fingerprint density at radius 1 is 0.732 bits per heavy atom. The van der Waals surface area contributed by atoms with Crippen molar-refractivity contribution >= 4 is 24.1 Å². The summed E-state index contributed by atoms with van der Waals surface area (Å²) in [4.78, 5) is 48.8. The number of nitrogens with one attached hydrogen (secondary N) is 1. The number of aliphatic carboxylic acids is 1. The number of carbonyl (C=O) groups is 4. The van der Waals surface area contributed by atoms with Crippen molar-refractivity contribution < 1.29 is 33.8 Å². The number of carboxylic acid groups (broad SMARTS) is 1. The second-order valence-corrected chi connectivity index (χ2v) is 14.5. The summed E-state index contributed by atoms with van der Waals surface area (Å²) >= 11 is 0. The highest BCUT2D eigenvalue weighted by Gasteiger charge is 2.38. The zero-order chi connectivity index (χ0) is 31.2. The van der Waals surface area contributed by atoms with Gasteiger partial charge in [0.15, 0.2) is 0 Å². The van der Waals surface area contributed by atoms with Gasteiger partial charge in [0, 0.05) is 43.2 Å². The molecule has 2 saturated carbocycles. The number of rotatable bonds is 3. The molecule has 2 heterocycles. The molecule has 0 bridgehead atoms. The van der Waals surface area contributed by atoms with Crippen LogP contribution >= 0.6 is 0 Å². The third-order valence-corrected chi connectivity index (χ3v) is 7.38. The van der Waals surface area contributed by atoms with Crippen molar-refractivity contribution in [3.8, 4) is 0 Å². The molecule has 4 fully saturated rings. The van der Waals surface area contributed by atoms with Crippen molar-refractivity contribution in [1.82, 2.24) is 15.1 Å². The van der Waals surface area contributed by atoms with Gasteiger partial charge in [-0.1, -0.05) is 0 Å². The van der Waals surface area contributed by atoms with Crippen LogP contribution in [0.4, 0.5) is 9.59 Å². The Morgan fingerprint density at radius 2 is 1.10 bits per heavy atom. The van der Waals surface area contributed by atoms with Crippen molar-refractivity contribution in [2.45, 2.75) is 129 Å². The standard InChI is InChI=1S/C15H26N2O3.C11H22N2O2.C4H6O2/c1-14(2,3)20-13(19)17-9-7-15(4,8-10-17)16-12(18)11-5-6-11;1-10(2,3)15-9(14)13-7-5-11(4,12)6-8-13;5-4(6)3-1-2-3/h11H,5-10H2,1-4H3,(H,16,18);5-8,12H2,1-4H3;3H,1-2H2,(H,5,6). The van der Waals surface area contributed by atoms with E-state index in [-0.39, 0.29) is 41.0 Å². The summed E-state index contributed by atoms with van der Waals surface area (Å²) in [6.45, 7) is 18.0. The van der Waals surface area contributed by atoms with Crippen molar-refractivity contribution in [2.24, 2.45) is 17.6 Å². The normalized spacial score (nSPS) is 21.7. The minimum Gasteiger partial charge on any atom is -0.481 e. The second-order valence-electron chi connectivity index (χ2n) is 14.5. The quantitative estimate of drug-likeness (QED) is 0.439. The summed E-state index contributed by atoms with van der Waals surface area (Å²) in [5.74, 6) is -0.200. The van der Waals surface area contributed by atoms with E-state index in [2.05, 4.69) is 12.2 Å². The van der Waals surface area contributed by atoms with Gasteiger partial charge in [-0.2, -0.15) is 0 Å². The number of amides is 3. The number of ether oxygens (including phenoxy) is 2. The fourth-order valence-corrected chi connectivity index (χ4v) is 4.24. The molecule has 41 heavy (non-hydrogen) atoms. The van der Waals surface area contributed by atoms with E-state index < -0.39 is 17.2 Å². The van der Waals surface area contributed by atoms with Gasteiger partial charge in [0.25, 0.3) is 0 Å². The average Bonchev–Trinajstić information content (AvgIpc) is 3.70. The van der Waals surface area contributed by atoms with E-state index >= 15 is 0 Å². The largest absolute Gasteiger partial charge is 0.481 e. The monoisotopic (exact) mass is 582 g/mol. The van der Waals surface area contributed by atoms with E-state index in [1.165, 1.54) is 0 Å². The van der Waals surface area contributed by atoms with Crippen LogP contribution in [-0.4, -0.2) is 87.4 Å². The van der Waals surface area contributed by atoms with Crippen molar-refractivity contribution in [2.75, 3.05) is 26.2 Å². The Hall–Kier alpha value is -2.56. The molecule has 11 nitrogen and oxygen atoms in total. The molecule has 0 spiro atoms. The van der Waals surface area contributed by atoms with Gasteiger partial charge >= 0.3 is 18.2 Å². The average molecular weight is 583 g/mol. The van der Waals surface area contributed by atoms with Gasteiger partial charge in [0.05, 0.1) is 5.92 Å². The lowest BCUT2D eigenvalue weighted by Crippen LogP contribution is -2.55. The first kappa shape index (κ1) is 34.6. The number of nitrogens with zero attached hydrogens (tertiary/aromatic N) is 2. The van der Waals surface area contributed by atoms with Crippen LogP contribution in [0, 0.1) is 11.8 Å². The van der Waals surface area contributed by atoms with Gasteiger partial charge in [-0.3, -0.25) is 9.59 Å². The van der Waals surface area contributed by atoms with Crippen molar-refractivity contribution in [1.29, 1.82) is 0 Å². The van der Waals surface area contributed by atoms with Gasteiger partial charge in [-0.25, -0.2) is 9.59 Å². The molecule has 236 valence electrons. The first-order valence-corrected chi connectivity index (χ1v) is 15.0. The van der Waals surface area contributed by atoms with Crippen LogP contribution in [0.15, 0.2) is 0 Å². The van der Waals surface area contributed by atoms with Gasteiger partial charge in [-0.05, 0) is 107 Å². The maximum Gasteiger partial charge on any atom is 0.410 e. The molecule has 0 aromatic heterocycles. The molecular weight excluding hydrogens is 528 g/mol. The minimum absolute atomic E-state index is 0.0185. The highest BCUT2D eigenvalue weighted by Crippen LogP contribution is 2.31. The van der Waals surface area contributed by atoms with Crippen LogP contribution in [0.1, 0.15) is 107 Å². The minimum atomic E-state index is -0.630. The van der Waals surface area contributed by atoms with Gasteiger partial charge in [0.2, 0.25) is 5.91 Å². The van der Waals surface area contributed by atoms with Gasteiger partial charge in [0.1, 0.15) is 11.2 Å². The second kappa shape index (κ2) is 13.6. The molecule has 4 rings (SSSR count). The highest BCUT2D eigenvalue weighted by atomic mass is 16.6. The first-order valence-electron chi connectivity index (χ1n) is 15.0. The number of nitrogens with two attached hydrogens (primary N) is 1. The molecule has 2 aliphatic heterocycles. The number of carbonyl (C=O) groups excluding carboxylic acids is 3. The van der Waals surface area contributed by atoms with E-state index in [0.717, 1.165) is 51.4 Å². The number of hydrogen-bond acceptors (Lipinski definition) is 7. The number of carboxylic acids is 1. The first-order chi connectivity index (χ1) is 18.7. The summed E-state index contributed by atoms with van der Waals surface area (Å²) in [5.41, 5.74) is 4.80.